The van der Waals surface area contributed by atoms with Crippen molar-refractivity contribution in [2.75, 3.05) is 20.3 Å². The van der Waals surface area contributed by atoms with Gasteiger partial charge in [-0.15, -0.1) is 11.3 Å². The number of aromatic nitrogens is 1. The van der Waals surface area contributed by atoms with Crippen molar-refractivity contribution in [2.45, 2.75) is 23.6 Å². The number of thiazole rings is 1. The zero-order chi connectivity index (χ0) is 14.8. The van der Waals surface area contributed by atoms with Crippen LogP contribution in [0.2, 0.25) is 0 Å². The smallest absolute Gasteiger partial charge is 0.358 e. The molecule has 1 aromatic rings. The van der Waals surface area contributed by atoms with Crippen LogP contribution in [0, 0.1) is 5.92 Å². The van der Waals surface area contributed by atoms with Crippen LogP contribution in [0.3, 0.4) is 0 Å². The zero-order valence-electron chi connectivity index (χ0n) is 11.2. The lowest BCUT2D eigenvalue weighted by Gasteiger charge is -2.18. The first-order valence-corrected chi connectivity index (χ1v) is 8.44. The second kappa shape index (κ2) is 6.17. The van der Waals surface area contributed by atoms with Crippen LogP contribution in [-0.2, 0) is 19.5 Å². The van der Waals surface area contributed by atoms with Crippen molar-refractivity contribution in [3.8, 4) is 0 Å². The van der Waals surface area contributed by atoms with Gasteiger partial charge in [-0.3, -0.25) is 0 Å². The molecule has 0 saturated carbocycles. The molecule has 7 nitrogen and oxygen atoms in total. The Hall–Kier alpha value is -1.03. The third-order valence-corrected chi connectivity index (χ3v) is 6.10. The van der Waals surface area contributed by atoms with E-state index in [-0.39, 0.29) is 21.9 Å². The van der Waals surface area contributed by atoms with Crippen LogP contribution in [0.1, 0.15) is 23.8 Å². The Morgan fingerprint density at radius 2 is 2.40 bits per heavy atom. The highest BCUT2D eigenvalue weighted by atomic mass is 32.2. The number of carbonyl (C=O) groups excluding carboxylic acids is 1. The van der Waals surface area contributed by atoms with Gasteiger partial charge >= 0.3 is 5.97 Å². The largest absolute Gasteiger partial charge is 0.464 e. The molecule has 1 saturated heterocycles. The van der Waals surface area contributed by atoms with Crippen molar-refractivity contribution in [3.63, 3.8) is 0 Å². The predicted octanol–water partition coefficient (Wildman–Crippen LogP) is 0.633. The minimum absolute atomic E-state index is 0.116. The highest BCUT2D eigenvalue weighted by Crippen LogP contribution is 2.23. The lowest BCUT2D eigenvalue weighted by atomic mass is 10.0. The molecule has 0 aromatic carbocycles. The van der Waals surface area contributed by atoms with Gasteiger partial charge in [0.1, 0.15) is 0 Å². The summed E-state index contributed by atoms with van der Waals surface area (Å²) < 4.78 is 36.9. The van der Waals surface area contributed by atoms with Crippen molar-refractivity contribution in [1.29, 1.82) is 0 Å². The predicted molar refractivity (Wildman–Crippen MR) is 72.2 cm³/mol. The fourth-order valence-electron chi connectivity index (χ4n) is 2.00. The SMILES string of the molecule is COC(=O)c1ncsc1S(=O)(=O)NC(C)C1CCOC1. The average Bonchev–Trinajstić information content (AvgIpc) is 3.08. The topological polar surface area (TPSA) is 94.6 Å². The van der Waals surface area contributed by atoms with Gasteiger partial charge in [0.05, 0.1) is 19.2 Å². The summed E-state index contributed by atoms with van der Waals surface area (Å²) in [6.45, 7) is 2.97. The molecule has 9 heteroatoms. The highest BCUT2D eigenvalue weighted by Gasteiger charge is 2.31. The summed E-state index contributed by atoms with van der Waals surface area (Å²) in [5, 5.41) is 0. The summed E-state index contributed by atoms with van der Waals surface area (Å²) in [6.07, 6.45) is 0.816. The summed E-state index contributed by atoms with van der Waals surface area (Å²) in [7, 11) is -2.61. The first-order valence-electron chi connectivity index (χ1n) is 6.07. The van der Waals surface area contributed by atoms with Crippen molar-refractivity contribution < 1.29 is 22.7 Å². The quantitative estimate of drug-likeness (QED) is 0.800. The number of nitrogens with zero attached hydrogens (tertiary/aromatic N) is 1. The Bertz CT molecular complexity index is 577. The molecule has 0 amide bonds. The lowest BCUT2D eigenvalue weighted by molar-refractivity contribution is 0.0590. The Morgan fingerprint density at radius 3 is 3.00 bits per heavy atom. The van der Waals surface area contributed by atoms with E-state index in [0.29, 0.717) is 13.2 Å². The molecule has 2 atom stereocenters. The molecule has 112 valence electrons. The number of methoxy groups -OCH3 is 1. The van der Waals surface area contributed by atoms with Crippen LogP contribution in [0.4, 0.5) is 0 Å². The molecule has 20 heavy (non-hydrogen) atoms. The fourth-order valence-corrected chi connectivity index (χ4v) is 4.46. The minimum atomic E-state index is -3.79. The summed E-state index contributed by atoms with van der Waals surface area (Å²) in [5.74, 6) is -0.622. The third kappa shape index (κ3) is 3.17. The van der Waals surface area contributed by atoms with Gasteiger partial charge in [0.25, 0.3) is 10.0 Å². The number of esters is 1. The maximum absolute atomic E-state index is 12.3. The van der Waals surface area contributed by atoms with Crippen molar-refractivity contribution in [2.24, 2.45) is 5.92 Å². The van der Waals surface area contributed by atoms with E-state index in [0.717, 1.165) is 17.8 Å². The molecule has 2 heterocycles. The normalized spacial score (nSPS) is 20.8. The van der Waals surface area contributed by atoms with Gasteiger partial charge in [0.2, 0.25) is 0 Å². The fraction of sp³-hybridized carbons (Fsp3) is 0.636. The molecule has 0 radical (unpaired) electrons. The molecule has 0 aliphatic carbocycles. The van der Waals surface area contributed by atoms with Crippen molar-refractivity contribution in [1.82, 2.24) is 9.71 Å². The summed E-state index contributed by atoms with van der Waals surface area (Å²) in [4.78, 5) is 15.3. The molecule has 1 aliphatic heterocycles. The Morgan fingerprint density at radius 1 is 1.65 bits per heavy atom. The maximum atomic E-state index is 12.3. The van der Waals surface area contributed by atoms with E-state index in [1.165, 1.54) is 12.6 Å². The number of rotatable bonds is 5. The van der Waals surface area contributed by atoms with Gasteiger partial charge in [0.15, 0.2) is 9.90 Å². The molecule has 0 bridgehead atoms. The van der Waals surface area contributed by atoms with Crippen molar-refractivity contribution >= 4 is 27.3 Å². The van der Waals surface area contributed by atoms with E-state index >= 15 is 0 Å². The van der Waals surface area contributed by atoms with E-state index < -0.39 is 16.0 Å². The minimum Gasteiger partial charge on any atom is -0.464 e. The van der Waals surface area contributed by atoms with E-state index in [1.807, 2.05) is 0 Å². The molecule has 0 spiro atoms. The molecular formula is C11H16N2O5S2. The molecule has 2 rings (SSSR count). The summed E-state index contributed by atoms with van der Waals surface area (Å²) in [5.41, 5.74) is 1.13. The van der Waals surface area contributed by atoms with E-state index in [9.17, 15) is 13.2 Å². The molecule has 2 unspecified atom stereocenters. The van der Waals surface area contributed by atoms with Crippen LogP contribution in [0.25, 0.3) is 0 Å². The first kappa shape index (κ1) is 15.4. The van der Waals surface area contributed by atoms with Crippen LogP contribution in [-0.4, -0.2) is 45.7 Å². The van der Waals surface area contributed by atoms with E-state index in [1.54, 1.807) is 6.92 Å². The Kier molecular flexibility index (Phi) is 4.74. The third-order valence-electron chi connectivity index (χ3n) is 3.17. The van der Waals surface area contributed by atoms with Gasteiger partial charge in [-0.25, -0.2) is 22.9 Å². The number of ether oxygens (including phenoxy) is 2. The number of hydrogen-bond acceptors (Lipinski definition) is 7. The summed E-state index contributed by atoms with van der Waals surface area (Å²) >= 11 is 0.891. The Labute approximate surface area is 121 Å². The lowest BCUT2D eigenvalue weighted by Crippen LogP contribution is -2.38. The summed E-state index contributed by atoms with van der Waals surface area (Å²) in [6, 6.07) is -0.268. The highest BCUT2D eigenvalue weighted by molar-refractivity contribution is 7.91. The van der Waals surface area contributed by atoms with Gasteiger partial charge in [0, 0.05) is 18.6 Å². The zero-order valence-corrected chi connectivity index (χ0v) is 12.8. The second-order valence-electron chi connectivity index (χ2n) is 4.51. The van der Waals surface area contributed by atoms with Gasteiger partial charge < -0.3 is 9.47 Å². The second-order valence-corrected chi connectivity index (χ2v) is 7.28. The van der Waals surface area contributed by atoms with Crippen LogP contribution < -0.4 is 4.72 Å². The molecular weight excluding hydrogens is 304 g/mol. The van der Waals surface area contributed by atoms with Gasteiger partial charge in [-0.2, -0.15) is 0 Å². The number of nitrogens with one attached hydrogen (secondary N) is 1. The number of carbonyl (C=O) groups is 1. The van der Waals surface area contributed by atoms with Crippen molar-refractivity contribution in [3.05, 3.63) is 11.2 Å². The average molecular weight is 320 g/mol. The standard InChI is InChI=1S/C11H16N2O5S2/c1-7(8-3-4-18-5-8)13-20(15,16)11-9(10(14)17-2)12-6-19-11/h6-8,13H,3-5H2,1-2H3. The van der Waals surface area contributed by atoms with Gasteiger partial charge in [-0.1, -0.05) is 0 Å². The molecule has 1 fully saturated rings. The maximum Gasteiger partial charge on any atom is 0.358 e. The molecule has 1 aliphatic rings. The van der Waals surface area contributed by atoms with E-state index in [2.05, 4.69) is 14.4 Å². The van der Waals surface area contributed by atoms with E-state index in [4.69, 9.17) is 4.74 Å². The monoisotopic (exact) mass is 320 g/mol. The van der Waals surface area contributed by atoms with Crippen LogP contribution in [0.5, 0.6) is 0 Å². The Balaban J connectivity index is 2.18. The van der Waals surface area contributed by atoms with Gasteiger partial charge in [-0.05, 0) is 13.3 Å². The number of hydrogen-bond donors (Lipinski definition) is 1. The van der Waals surface area contributed by atoms with Crippen LogP contribution in [0.15, 0.2) is 9.72 Å². The number of sulfonamides is 1. The molecule has 1 aromatic heterocycles. The van der Waals surface area contributed by atoms with Crippen LogP contribution >= 0.6 is 11.3 Å². The first-order chi connectivity index (χ1) is 9.45. The molecule has 1 N–H and O–H groups in total.